The van der Waals surface area contributed by atoms with E-state index in [0.29, 0.717) is 0 Å². The average molecular weight is 349 g/mol. The van der Waals surface area contributed by atoms with Gasteiger partial charge in [-0.15, -0.1) is 11.8 Å². The molecule has 0 amide bonds. The molecule has 0 N–H and O–H groups in total. The molecule has 2 unspecified atom stereocenters. The van der Waals surface area contributed by atoms with Crippen molar-refractivity contribution in [2.24, 2.45) is 11.8 Å². The largest absolute Gasteiger partial charge is 0.359 e. The Morgan fingerprint density at radius 2 is 1.75 bits per heavy atom. The van der Waals surface area contributed by atoms with Crippen LogP contribution in [0.25, 0.3) is 0 Å². The molecule has 1 aromatic heterocycles. The Balaban J connectivity index is 1.39. The number of hydrogen-bond donors (Lipinski definition) is 0. The summed E-state index contributed by atoms with van der Waals surface area (Å²) in [4.78, 5) is 3.99. The Bertz CT molecular complexity index is 538. The molecule has 3 fully saturated rings. The average Bonchev–Trinajstić information content (AvgIpc) is 2.96. The van der Waals surface area contributed by atoms with Crippen LogP contribution in [0.5, 0.6) is 0 Å². The van der Waals surface area contributed by atoms with Gasteiger partial charge in [0, 0.05) is 11.8 Å². The zero-order chi connectivity index (χ0) is 16.4. The summed E-state index contributed by atoms with van der Waals surface area (Å²) in [5, 5.41) is 5.08. The first kappa shape index (κ1) is 17.0. The number of thioether (sulfide) groups is 1. The maximum absolute atomic E-state index is 5.76. The number of piperidine rings is 1. The van der Waals surface area contributed by atoms with Crippen LogP contribution in [0.1, 0.15) is 75.7 Å². The van der Waals surface area contributed by atoms with E-state index in [4.69, 9.17) is 4.52 Å². The van der Waals surface area contributed by atoms with Crippen LogP contribution in [0.4, 0.5) is 0 Å². The highest BCUT2D eigenvalue weighted by atomic mass is 32.2. The minimum Gasteiger partial charge on any atom is -0.359 e. The quantitative estimate of drug-likeness (QED) is 0.726. The van der Waals surface area contributed by atoms with Gasteiger partial charge in [0.2, 0.25) is 0 Å². The van der Waals surface area contributed by atoms with E-state index in [1.54, 1.807) is 0 Å². The predicted molar refractivity (Wildman–Crippen MR) is 99.3 cm³/mol. The SMILES string of the molecule is Cc1noc(CN2CCC3CCCCC3C2)c1SC1CCCCC1. The van der Waals surface area contributed by atoms with Gasteiger partial charge in [-0.25, -0.2) is 0 Å². The van der Waals surface area contributed by atoms with Gasteiger partial charge in [-0.2, -0.15) is 0 Å². The first-order valence-electron chi connectivity index (χ1n) is 10.1. The fraction of sp³-hybridized carbons (Fsp3) is 0.850. The minimum absolute atomic E-state index is 0.777. The Hall–Kier alpha value is -0.480. The lowest BCUT2D eigenvalue weighted by molar-refractivity contribution is 0.0751. The summed E-state index contributed by atoms with van der Waals surface area (Å²) >= 11 is 2.05. The molecule has 3 aliphatic rings. The molecule has 4 heteroatoms. The summed E-state index contributed by atoms with van der Waals surface area (Å²) < 4.78 is 5.76. The third kappa shape index (κ3) is 3.85. The van der Waals surface area contributed by atoms with Gasteiger partial charge in [0.25, 0.3) is 0 Å². The van der Waals surface area contributed by atoms with Gasteiger partial charge in [-0.3, -0.25) is 4.90 Å². The van der Waals surface area contributed by atoms with E-state index in [1.165, 1.54) is 82.2 Å². The van der Waals surface area contributed by atoms with Crippen LogP contribution >= 0.6 is 11.8 Å². The second-order valence-corrected chi connectivity index (χ2v) is 9.54. The number of aryl methyl sites for hydroxylation is 1. The van der Waals surface area contributed by atoms with Gasteiger partial charge in [0.1, 0.15) is 0 Å². The molecule has 2 heterocycles. The van der Waals surface area contributed by atoms with Crippen molar-refractivity contribution >= 4 is 11.8 Å². The van der Waals surface area contributed by atoms with E-state index >= 15 is 0 Å². The van der Waals surface area contributed by atoms with Crippen LogP contribution in [0.2, 0.25) is 0 Å². The van der Waals surface area contributed by atoms with Gasteiger partial charge in [-0.1, -0.05) is 43.7 Å². The van der Waals surface area contributed by atoms with Gasteiger partial charge in [-0.05, 0) is 51.0 Å². The number of fused-ring (bicyclic) bond motifs is 1. The monoisotopic (exact) mass is 348 g/mol. The Morgan fingerprint density at radius 1 is 1.00 bits per heavy atom. The Kier molecular flexibility index (Phi) is 5.53. The Morgan fingerprint density at radius 3 is 2.58 bits per heavy atom. The smallest absolute Gasteiger partial charge is 0.164 e. The molecule has 4 rings (SSSR count). The molecule has 0 bridgehead atoms. The van der Waals surface area contributed by atoms with Crippen LogP contribution in [-0.4, -0.2) is 28.4 Å². The van der Waals surface area contributed by atoms with Crippen molar-refractivity contribution in [1.82, 2.24) is 10.1 Å². The van der Waals surface area contributed by atoms with Crippen molar-refractivity contribution in [2.75, 3.05) is 13.1 Å². The predicted octanol–water partition coefficient (Wildman–Crippen LogP) is 5.42. The number of nitrogens with zero attached hydrogens (tertiary/aromatic N) is 2. The van der Waals surface area contributed by atoms with Gasteiger partial charge < -0.3 is 4.52 Å². The summed E-state index contributed by atoms with van der Waals surface area (Å²) in [6, 6.07) is 0. The van der Waals surface area contributed by atoms with E-state index in [1.807, 2.05) is 0 Å². The minimum atomic E-state index is 0.777. The van der Waals surface area contributed by atoms with Crippen molar-refractivity contribution in [3.63, 3.8) is 0 Å². The maximum Gasteiger partial charge on any atom is 0.164 e. The molecule has 24 heavy (non-hydrogen) atoms. The molecular formula is C20H32N2OS. The van der Waals surface area contributed by atoms with Crippen molar-refractivity contribution < 1.29 is 4.52 Å². The van der Waals surface area contributed by atoms with E-state index in [2.05, 4.69) is 28.7 Å². The topological polar surface area (TPSA) is 29.3 Å². The highest BCUT2D eigenvalue weighted by molar-refractivity contribution is 8.00. The van der Waals surface area contributed by atoms with Gasteiger partial charge in [0.15, 0.2) is 5.76 Å². The van der Waals surface area contributed by atoms with E-state index < -0.39 is 0 Å². The summed E-state index contributed by atoms with van der Waals surface area (Å²) in [5.41, 5.74) is 1.10. The number of aromatic nitrogens is 1. The van der Waals surface area contributed by atoms with Crippen molar-refractivity contribution in [3.05, 3.63) is 11.5 Å². The van der Waals surface area contributed by atoms with Crippen molar-refractivity contribution in [3.8, 4) is 0 Å². The van der Waals surface area contributed by atoms with Crippen LogP contribution in [-0.2, 0) is 6.54 Å². The second-order valence-electron chi connectivity index (χ2n) is 8.23. The zero-order valence-corrected chi connectivity index (χ0v) is 16.0. The maximum atomic E-state index is 5.76. The lowest BCUT2D eigenvalue weighted by Gasteiger charge is -2.41. The summed E-state index contributed by atoms with van der Waals surface area (Å²) in [5.74, 6) is 3.07. The summed E-state index contributed by atoms with van der Waals surface area (Å²) in [7, 11) is 0. The van der Waals surface area contributed by atoms with E-state index in [-0.39, 0.29) is 0 Å². The lowest BCUT2D eigenvalue weighted by atomic mass is 9.75. The molecule has 2 aliphatic carbocycles. The zero-order valence-electron chi connectivity index (χ0n) is 15.1. The molecule has 2 atom stereocenters. The van der Waals surface area contributed by atoms with Crippen LogP contribution in [0.3, 0.4) is 0 Å². The van der Waals surface area contributed by atoms with Crippen LogP contribution < -0.4 is 0 Å². The van der Waals surface area contributed by atoms with E-state index in [9.17, 15) is 0 Å². The lowest BCUT2D eigenvalue weighted by Crippen LogP contribution is -2.41. The van der Waals surface area contributed by atoms with Crippen LogP contribution in [0, 0.1) is 18.8 Å². The summed E-state index contributed by atoms with van der Waals surface area (Å²) in [6.45, 7) is 5.61. The second kappa shape index (κ2) is 7.82. The van der Waals surface area contributed by atoms with Crippen LogP contribution in [0.15, 0.2) is 9.42 Å². The highest BCUT2D eigenvalue weighted by Gasteiger charge is 2.32. The third-order valence-electron chi connectivity index (χ3n) is 6.45. The standard InChI is InChI=1S/C20H32N2OS/c1-15-20(24-18-9-3-2-4-10-18)19(23-21-15)14-22-12-11-16-7-5-6-8-17(16)13-22/h16-18H,2-14H2,1H3. The van der Waals surface area contributed by atoms with Crippen molar-refractivity contribution in [2.45, 2.75) is 87.8 Å². The van der Waals surface area contributed by atoms with Gasteiger partial charge >= 0.3 is 0 Å². The molecule has 1 saturated heterocycles. The molecule has 134 valence electrons. The fourth-order valence-corrected chi connectivity index (χ4v) is 6.38. The fourth-order valence-electron chi connectivity index (χ4n) is 5.03. The summed E-state index contributed by atoms with van der Waals surface area (Å²) in [6.07, 6.45) is 14.2. The number of hydrogen-bond acceptors (Lipinski definition) is 4. The molecule has 3 nitrogen and oxygen atoms in total. The normalized spacial score (nSPS) is 29.5. The molecule has 1 aromatic rings. The third-order valence-corrected chi connectivity index (χ3v) is 8.02. The first-order valence-corrected chi connectivity index (χ1v) is 11.0. The number of rotatable bonds is 4. The molecule has 0 spiro atoms. The Labute approximate surface area is 150 Å². The molecule has 0 aromatic carbocycles. The number of likely N-dealkylation sites (tertiary alicyclic amines) is 1. The first-order chi connectivity index (χ1) is 11.8. The van der Waals surface area contributed by atoms with E-state index in [0.717, 1.165) is 35.1 Å². The highest BCUT2D eigenvalue weighted by Crippen LogP contribution is 2.39. The molecule has 0 radical (unpaired) electrons. The van der Waals surface area contributed by atoms with Gasteiger partial charge in [0.05, 0.1) is 17.1 Å². The van der Waals surface area contributed by atoms with Crippen molar-refractivity contribution in [1.29, 1.82) is 0 Å². The molecular weight excluding hydrogens is 316 g/mol. The molecule has 2 saturated carbocycles. The molecule has 1 aliphatic heterocycles.